The molecule has 2 N–H and O–H groups in total. The summed E-state index contributed by atoms with van der Waals surface area (Å²) < 4.78 is 10.8. The van der Waals surface area contributed by atoms with Crippen LogP contribution in [0.1, 0.15) is 33.6 Å². The van der Waals surface area contributed by atoms with E-state index in [1.54, 1.807) is 4.90 Å². The first-order valence-corrected chi connectivity index (χ1v) is 6.68. The third-order valence-electron chi connectivity index (χ3n) is 2.79. The van der Waals surface area contributed by atoms with Gasteiger partial charge in [0.25, 0.3) is 0 Å². The van der Waals surface area contributed by atoms with Gasteiger partial charge in [-0.1, -0.05) is 0 Å². The van der Waals surface area contributed by atoms with Crippen LogP contribution >= 0.6 is 0 Å². The van der Waals surface area contributed by atoms with E-state index in [4.69, 9.17) is 15.2 Å². The van der Waals surface area contributed by atoms with Gasteiger partial charge >= 0.3 is 6.09 Å². The highest BCUT2D eigenvalue weighted by Crippen LogP contribution is 2.19. The average molecular weight is 258 g/mol. The van der Waals surface area contributed by atoms with E-state index in [1.165, 1.54) is 0 Å². The highest BCUT2D eigenvalue weighted by atomic mass is 16.6. The number of carbonyl (C=O) groups is 1. The van der Waals surface area contributed by atoms with Crippen molar-refractivity contribution in [3.8, 4) is 0 Å². The predicted molar refractivity (Wildman–Crippen MR) is 70.4 cm³/mol. The van der Waals surface area contributed by atoms with Gasteiger partial charge in [0.15, 0.2) is 0 Å². The second-order valence-corrected chi connectivity index (χ2v) is 5.80. The first kappa shape index (κ1) is 15.2. The van der Waals surface area contributed by atoms with Crippen LogP contribution in [0.5, 0.6) is 0 Å². The van der Waals surface area contributed by atoms with Crippen LogP contribution in [0.2, 0.25) is 0 Å². The number of amides is 1. The molecule has 0 unspecified atom stereocenters. The first-order valence-electron chi connectivity index (χ1n) is 6.68. The van der Waals surface area contributed by atoms with E-state index in [9.17, 15) is 4.79 Å². The Balaban J connectivity index is 2.36. The van der Waals surface area contributed by atoms with Crippen molar-refractivity contribution in [2.75, 3.05) is 32.8 Å². The fourth-order valence-corrected chi connectivity index (χ4v) is 2.03. The Morgan fingerprint density at radius 1 is 1.44 bits per heavy atom. The number of hydrogen-bond acceptors (Lipinski definition) is 4. The Morgan fingerprint density at radius 2 is 2.17 bits per heavy atom. The summed E-state index contributed by atoms with van der Waals surface area (Å²) in [5.41, 5.74) is 4.95. The monoisotopic (exact) mass is 258 g/mol. The molecule has 0 aromatic heterocycles. The highest BCUT2D eigenvalue weighted by molar-refractivity contribution is 5.68. The lowest BCUT2D eigenvalue weighted by atomic mass is 9.99. The molecular formula is C13H26N2O3. The van der Waals surface area contributed by atoms with Crippen molar-refractivity contribution >= 4 is 6.09 Å². The number of nitrogens with zero attached hydrogens (tertiary/aromatic N) is 1. The van der Waals surface area contributed by atoms with Gasteiger partial charge in [-0.05, 0) is 33.6 Å². The molecule has 0 spiro atoms. The topological polar surface area (TPSA) is 64.8 Å². The maximum Gasteiger partial charge on any atom is 0.410 e. The van der Waals surface area contributed by atoms with Crippen LogP contribution in [0.25, 0.3) is 0 Å². The number of likely N-dealkylation sites (tertiary alicyclic amines) is 1. The molecule has 1 atom stereocenters. The van der Waals surface area contributed by atoms with Crippen molar-refractivity contribution < 1.29 is 14.3 Å². The van der Waals surface area contributed by atoms with E-state index >= 15 is 0 Å². The minimum absolute atomic E-state index is 0.217. The Labute approximate surface area is 110 Å². The van der Waals surface area contributed by atoms with Crippen LogP contribution < -0.4 is 5.73 Å². The molecule has 0 saturated carbocycles. The average Bonchev–Trinajstić information content (AvgIpc) is 2.27. The molecule has 1 fully saturated rings. The number of rotatable bonds is 4. The molecule has 5 nitrogen and oxygen atoms in total. The number of nitrogens with two attached hydrogens (primary N) is 1. The van der Waals surface area contributed by atoms with Gasteiger partial charge in [-0.3, -0.25) is 0 Å². The van der Waals surface area contributed by atoms with Gasteiger partial charge < -0.3 is 20.1 Å². The molecule has 0 aromatic rings. The molecule has 0 aliphatic carbocycles. The molecule has 0 radical (unpaired) electrons. The van der Waals surface area contributed by atoms with Gasteiger partial charge in [-0.15, -0.1) is 0 Å². The zero-order valence-electron chi connectivity index (χ0n) is 11.8. The molecule has 1 rings (SSSR count). The molecule has 1 aliphatic rings. The van der Waals surface area contributed by atoms with Crippen LogP contribution in [-0.2, 0) is 9.47 Å². The van der Waals surface area contributed by atoms with Gasteiger partial charge in [0.1, 0.15) is 5.60 Å². The summed E-state index contributed by atoms with van der Waals surface area (Å²) >= 11 is 0. The first-order chi connectivity index (χ1) is 8.42. The summed E-state index contributed by atoms with van der Waals surface area (Å²) in [5, 5.41) is 0. The number of carbonyl (C=O) groups excluding carboxylic acids is 1. The minimum Gasteiger partial charge on any atom is -0.444 e. The molecule has 5 heteroatoms. The Morgan fingerprint density at radius 3 is 2.78 bits per heavy atom. The summed E-state index contributed by atoms with van der Waals surface area (Å²) in [6.45, 7) is 8.97. The number of hydrogen-bond donors (Lipinski definition) is 1. The zero-order valence-corrected chi connectivity index (χ0v) is 11.8. The van der Waals surface area contributed by atoms with Gasteiger partial charge in [-0.2, -0.15) is 0 Å². The van der Waals surface area contributed by atoms with Crippen LogP contribution in [0.3, 0.4) is 0 Å². The molecule has 1 aliphatic heterocycles. The van der Waals surface area contributed by atoms with Crippen molar-refractivity contribution in [3.05, 3.63) is 0 Å². The van der Waals surface area contributed by atoms with E-state index in [-0.39, 0.29) is 6.09 Å². The van der Waals surface area contributed by atoms with Crippen molar-refractivity contribution in [2.45, 2.75) is 39.2 Å². The minimum atomic E-state index is -0.430. The number of ether oxygens (including phenoxy) is 2. The molecule has 0 aromatic carbocycles. The van der Waals surface area contributed by atoms with Gasteiger partial charge in [-0.25, -0.2) is 4.79 Å². The maximum absolute atomic E-state index is 11.9. The van der Waals surface area contributed by atoms with E-state index in [1.807, 2.05) is 20.8 Å². The van der Waals surface area contributed by atoms with E-state index < -0.39 is 5.60 Å². The molecular weight excluding hydrogens is 232 g/mol. The summed E-state index contributed by atoms with van der Waals surface area (Å²) in [6, 6.07) is 0. The second kappa shape index (κ2) is 6.95. The third kappa shape index (κ3) is 5.69. The molecule has 18 heavy (non-hydrogen) atoms. The lowest BCUT2D eigenvalue weighted by Crippen LogP contribution is -2.43. The van der Waals surface area contributed by atoms with Crippen LogP contribution in [-0.4, -0.2) is 49.4 Å². The van der Waals surface area contributed by atoms with E-state index in [0.29, 0.717) is 25.7 Å². The zero-order chi connectivity index (χ0) is 13.6. The fourth-order valence-electron chi connectivity index (χ4n) is 2.03. The van der Waals surface area contributed by atoms with Gasteiger partial charge in [0.05, 0.1) is 13.2 Å². The second-order valence-electron chi connectivity index (χ2n) is 5.80. The molecule has 1 amide bonds. The van der Waals surface area contributed by atoms with E-state index in [0.717, 1.165) is 25.9 Å². The predicted octanol–water partition coefficient (Wildman–Crippen LogP) is 1.61. The molecule has 1 heterocycles. The third-order valence-corrected chi connectivity index (χ3v) is 2.79. The summed E-state index contributed by atoms with van der Waals surface area (Å²) in [4.78, 5) is 13.7. The summed E-state index contributed by atoms with van der Waals surface area (Å²) in [7, 11) is 0. The Hall–Kier alpha value is -0.810. The largest absolute Gasteiger partial charge is 0.444 e. The standard InChI is InChI=1S/C13H26N2O3/c1-13(2,3)18-12(16)15-7-4-5-11(9-15)10-17-8-6-14/h11H,4-10,14H2,1-3H3/t11-/m0/s1. The van der Waals surface area contributed by atoms with Crippen molar-refractivity contribution in [3.63, 3.8) is 0 Å². The van der Waals surface area contributed by atoms with Gasteiger partial charge in [0, 0.05) is 25.6 Å². The lowest BCUT2D eigenvalue weighted by molar-refractivity contribution is 0.00806. The SMILES string of the molecule is CC(C)(C)OC(=O)N1CCC[C@H](COCCN)C1. The van der Waals surface area contributed by atoms with Gasteiger partial charge in [0.2, 0.25) is 0 Å². The quantitative estimate of drug-likeness (QED) is 0.778. The summed E-state index contributed by atoms with van der Waals surface area (Å²) in [6.07, 6.45) is 1.89. The van der Waals surface area contributed by atoms with Crippen LogP contribution in [0.15, 0.2) is 0 Å². The molecule has 0 bridgehead atoms. The van der Waals surface area contributed by atoms with Crippen molar-refractivity contribution in [1.29, 1.82) is 0 Å². The fraction of sp³-hybridized carbons (Fsp3) is 0.923. The van der Waals surface area contributed by atoms with Crippen molar-refractivity contribution in [1.82, 2.24) is 4.90 Å². The molecule has 106 valence electrons. The highest BCUT2D eigenvalue weighted by Gasteiger charge is 2.27. The van der Waals surface area contributed by atoms with Crippen LogP contribution in [0, 0.1) is 5.92 Å². The van der Waals surface area contributed by atoms with E-state index in [2.05, 4.69) is 0 Å². The Bertz CT molecular complexity index is 263. The van der Waals surface area contributed by atoms with Crippen LogP contribution in [0.4, 0.5) is 4.79 Å². The normalized spacial score (nSPS) is 20.9. The smallest absolute Gasteiger partial charge is 0.410 e. The maximum atomic E-state index is 11.9. The lowest BCUT2D eigenvalue weighted by Gasteiger charge is -2.34. The molecule has 1 saturated heterocycles. The van der Waals surface area contributed by atoms with Crippen molar-refractivity contribution in [2.24, 2.45) is 11.7 Å². The number of piperidine rings is 1. The Kier molecular flexibility index (Phi) is 5.88. The summed E-state index contributed by atoms with van der Waals surface area (Å²) in [5.74, 6) is 0.401.